The normalized spacial score (nSPS) is 18.7. The van der Waals surface area contributed by atoms with Gasteiger partial charge in [-0.15, -0.1) is 0 Å². The smallest absolute Gasteiger partial charge is 0.382 e. The quantitative estimate of drug-likeness (QED) is 0.441. The molecule has 2 aromatic heterocycles. The second kappa shape index (κ2) is 7.94. The Kier molecular flexibility index (Phi) is 5.16. The second-order valence-corrected chi connectivity index (χ2v) is 8.42. The van der Waals surface area contributed by atoms with Crippen LogP contribution in [0.25, 0.3) is 11.2 Å². The number of hydrogen-bond donors (Lipinski definition) is 2. The van der Waals surface area contributed by atoms with Crippen LogP contribution in [0, 0.1) is 5.82 Å². The molecule has 176 valence electrons. The molecule has 4 aromatic rings. The number of benzene rings is 2. The first-order valence-electron chi connectivity index (χ1n) is 10.6. The van der Waals surface area contributed by atoms with Gasteiger partial charge in [-0.05, 0) is 24.1 Å². The van der Waals surface area contributed by atoms with Crippen LogP contribution in [0.4, 0.5) is 29.1 Å². The van der Waals surface area contributed by atoms with E-state index in [0.717, 1.165) is 11.6 Å². The highest BCUT2D eigenvalue weighted by Crippen LogP contribution is 2.41. The third-order valence-electron chi connectivity index (χ3n) is 6.27. The van der Waals surface area contributed by atoms with Crippen molar-refractivity contribution < 1.29 is 17.6 Å². The predicted octanol–water partition coefficient (Wildman–Crippen LogP) is 3.68. The zero-order chi connectivity index (χ0) is 24.1. The van der Waals surface area contributed by atoms with Crippen LogP contribution < -0.4 is 16.4 Å². The van der Waals surface area contributed by atoms with Crippen LogP contribution in [0.1, 0.15) is 23.1 Å². The molecule has 1 aliphatic heterocycles. The Bertz CT molecular complexity index is 1350. The van der Waals surface area contributed by atoms with Crippen molar-refractivity contribution in [1.29, 1.82) is 0 Å². The van der Waals surface area contributed by atoms with Crippen LogP contribution in [0.5, 0.6) is 0 Å². The highest BCUT2D eigenvalue weighted by molar-refractivity contribution is 5.81. The standard InChI is InChI=1S/C23H21F4N7/c24-16-6-7-17(33-9-8-22(29,11-33)14-4-2-1-3-5-14)15(18(16)23(25,26)27)10-34-13-32-19-20(28)30-12-31-21(19)34/h1-7,12-13H,8-11,29H2,(H2,28,30,31)/t22-/m1/s1. The van der Waals surface area contributed by atoms with Crippen LogP contribution in [0.3, 0.4) is 0 Å². The monoisotopic (exact) mass is 471 g/mol. The number of hydrogen-bond acceptors (Lipinski definition) is 6. The molecular weight excluding hydrogens is 450 g/mol. The number of nitrogens with zero attached hydrogens (tertiary/aromatic N) is 5. The first-order valence-corrected chi connectivity index (χ1v) is 10.6. The molecule has 5 rings (SSSR count). The summed E-state index contributed by atoms with van der Waals surface area (Å²) in [4.78, 5) is 13.9. The van der Waals surface area contributed by atoms with Gasteiger partial charge in [0, 0.05) is 24.3 Å². The zero-order valence-corrected chi connectivity index (χ0v) is 17.9. The van der Waals surface area contributed by atoms with E-state index < -0.39 is 23.1 Å². The second-order valence-electron chi connectivity index (χ2n) is 8.42. The van der Waals surface area contributed by atoms with E-state index in [1.165, 1.54) is 23.3 Å². The lowest BCUT2D eigenvalue weighted by atomic mass is 9.90. The van der Waals surface area contributed by atoms with Gasteiger partial charge in [-0.1, -0.05) is 30.3 Å². The van der Waals surface area contributed by atoms with Gasteiger partial charge >= 0.3 is 6.18 Å². The zero-order valence-electron chi connectivity index (χ0n) is 17.9. The van der Waals surface area contributed by atoms with Crippen molar-refractivity contribution in [1.82, 2.24) is 19.5 Å². The molecule has 0 radical (unpaired) electrons. The summed E-state index contributed by atoms with van der Waals surface area (Å²) in [6.07, 6.45) is -1.84. The Labute approximate surface area is 192 Å². The molecule has 0 spiro atoms. The molecule has 0 saturated carbocycles. The fourth-order valence-electron chi connectivity index (χ4n) is 4.60. The van der Waals surface area contributed by atoms with Crippen molar-refractivity contribution >= 4 is 22.7 Å². The molecular formula is C23H21F4N7. The average molecular weight is 471 g/mol. The lowest BCUT2D eigenvalue weighted by Crippen LogP contribution is -2.40. The van der Waals surface area contributed by atoms with Gasteiger partial charge in [0.2, 0.25) is 0 Å². The van der Waals surface area contributed by atoms with Crippen LogP contribution in [0.2, 0.25) is 0 Å². The largest absolute Gasteiger partial charge is 0.419 e. The molecule has 0 amide bonds. The molecule has 4 N–H and O–H groups in total. The van der Waals surface area contributed by atoms with Gasteiger partial charge in [0.1, 0.15) is 17.7 Å². The van der Waals surface area contributed by atoms with Gasteiger partial charge in [-0.2, -0.15) is 13.2 Å². The van der Waals surface area contributed by atoms with E-state index in [9.17, 15) is 17.6 Å². The summed E-state index contributed by atoms with van der Waals surface area (Å²) in [6.45, 7) is 0.391. The van der Waals surface area contributed by atoms with Crippen molar-refractivity contribution in [3.8, 4) is 0 Å². The third kappa shape index (κ3) is 3.71. The Morgan fingerprint density at radius 1 is 1.03 bits per heavy atom. The Hall–Kier alpha value is -3.73. The average Bonchev–Trinajstić information content (AvgIpc) is 3.39. The van der Waals surface area contributed by atoms with Crippen molar-refractivity contribution in [2.75, 3.05) is 23.7 Å². The number of aromatic nitrogens is 4. The van der Waals surface area contributed by atoms with E-state index in [0.29, 0.717) is 13.0 Å². The maximum Gasteiger partial charge on any atom is 0.419 e. The number of nitrogens with two attached hydrogens (primary N) is 2. The highest BCUT2D eigenvalue weighted by Gasteiger charge is 2.41. The van der Waals surface area contributed by atoms with Crippen LogP contribution >= 0.6 is 0 Å². The van der Waals surface area contributed by atoms with Gasteiger partial charge in [0.05, 0.1) is 24.0 Å². The van der Waals surface area contributed by atoms with E-state index in [1.54, 1.807) is 4.90 Å². The fraction of sp³-hybridized carbons (Fsp3) is 0.261. The van der Waals surface area contributed by atoms with E-state index >= 15 is 0 Å². The van der Waals surface area contributed by atoms with Gasteiger partial charge < -0.3 is 20.9 Å². The Morgan fingerprint density at radius 2 is 1.79 bits per heavy atom. The lowest BCUT2D eigenvalue weighted by molar-refractivity contribution is -0.140. The number of halogens is 4. The highest BCUT2D eigenvalue weighted by atomic mass is 19.4. The predicted molar refractivity (Wildman–Crippen MR) is 119 cm³/mol. The summed E-state index contributed by atoms with van der Waals surface area (Å²) >= 11 is 0. The summed E-state index contributed by atoms with van der Waals surface area (Å²) in [5, 5.41) is 0. The minimum absolute atomic E-state index is 0.106. The third-order valence-corrected chi connectivity index (χ3v) is 6.27. The summed E-state index contributed by atoms with van der Waals surface area (Å²) in [7, 11) is 0. The van der Waals surface area contributed by atoms with E-state index in [2.05, 4.69) is 15.0 Å². The Balaban J connectivity index is 1.60. The molecule has 11 heteroatoms. The van der Waals surface area contributed by atoms with Crippen molar-refractivity contribution in [3.05, 3.63) is 77.6 Å². The molecule has 1 aliphatic rings. The number of rotatable bonds is 4. The van der Waals surface area contributed by atoms with Gasteiger partial charge in [-0.3, -0.25) is 0 Å². The molecule has 0 bridgehead atoms. The molecule has 2 aromatic carbocycles. The fourth-order valence-corrected chi connectivity index (χ4v) is 4.60. The summed E-state index contributed by atoms with van der Waals surface area (Å²) in [6, 6.07) is 11.6. The minimum atomic E-state index is -4.90. The minimum Gasteiger partial charge on any atom is -0.382 e. The summed E-state index contributed by atoms with van der Waals surface area (Å²) in [5.41, 5.74) is 11.9. The van der Waals surface area contributed by atoms with Crippen molar-refractivity contribution in [3.63, 3.8) is 0 Å². The SMILES string of the molecule is Nc1ncnc2c1ncn2Cc1c(N2CC[C@](N)(c3ccccc3)C2)ccc(F)c1C(F)(F)F. The van der Waals surface area contributed by atoms with Crippen molar-refractivity contribution in [2.45, 2.75) is 24.7 Å². The van der Waals surface area contributed by atoms with Gasteiger partial charge in [-0.25, -0.2) is 19.3 Å². The Morgan fingerprint density at radius 3 is 2.53 bits per heavy atom. The summed E-state index contributed by atoms with van der Waals surface area (Å²) < 4.78 is 58.1. The summed E-state index contributed by atoms with van der Waals surface area (Å²) in [5.74, 6) is -1.24. The number of anilines is 2. The van der Waals surface area contributed by atoms with Gasteiger partial charge in [0.15, 0.2) is 11.5 Å². The number of fused-ring (bicyclic) bond motifs is 1. The molecule has 3 heterocycles. The van der Waals surface area contributed by atoms with E-state index in [4.69, 9.17) is 11.5 Å². The number of alkyl halides is 3. The van der Waals surface area contributed by atoms with Crippen LogP contribution in [-0.4, -0.2) is 32.6 Å². The molecule has 1 saturated heterocycles. The molecule has 0 aliphatic carbocycles. The number of nitrogen functional groups attached to an aromatic ring is 1. The molecule has 34 heavy (non-hydrogen) atoms. The molecule has 7 nitrogen and oxygen atoms in total. The van der Waals surface area contributed by atoms with E-state index in [-0.39, 0.29) is 41.3 Å². The first kappa shape index (κ1) is 22.1. The van der Waals surface area contributed by atoms with E-state index in [1.807, 2.05) is 30.3 Å². The van der Waals surface area contributed by atoms with Crippen molar-refractivity contribution in [2.24, 2.45) is 5.73 Å². The molecule has 0 unspecified atom stereocenters. The van der Waals surface area contributed by atoms with Gasteiger partial charge in [0.25, 0.3) is 0 Å². The topological polar surface area (TPSA) is 98.9 Å². The molecule has 1 atom stereocenters. The molecule has 1 fully saturated rings. The van der Waals surface area contributed by atoms with Crippen LogP contribution in [0.15, 0.2) is 55.1 Å². The maximum absolute atomic E-state index is 14.6. The first-order chi connectivity index (χ1) is 16.2. The van der Waals surface area contributed by atoms with Crippen LogP contribution in [-0.2, 0) is 18.3 Å². The lowest BCUT2D eigenvalue weighted by Gasteiger charge is -2.28. The maximum atomic E-state index is 14.6. The number of imidazole rings is 1.